The van der Waals surface area contributed by atoms with Crippen molar-refractivity contribution in [2.45, 2.75) is 58.5 Å². The summed E-state index contributed by atoms with van der Waals surface area (Å²) in [7, 11) is 0. The van der Waals surface area contributed by atoms with Crippen molar-refractivity contribution in [1.82, 2.24) is 0 Å². The Hall–Kier alpha value is -1.71. The van der Waals surface area contributed by atoms with E-state index in [2.05, 4.69) is 6.92 Å². The molecule has 1 aromatic carbocycles. The average molecular weight is 278 g/mol. The van der Waals surface area contributed by atoms with Crippen molar-refractivity contribution >= 4 is 11.8 Å². The Morgan fingerprint density at radius 2 is 1.90 bits per heavy atom. The minimum absolute atomic E-state index is 0.676. The van der Waals surface area contributed by atoms with E-state index < -0.39 is 11.7 Å². The van der Waals surface area contributed by atoms with Gasteiger partial charge in [0.25, 0.3) is 0 Å². The number of ether oxygens (including phenoxy) is 1. The molecule has 0 saturated heterocycles. The Kier molecular flexibility index (Phi) is 5.86. The van der Waals surface area contributed by atoms with Crippen LogP contribution in [-0.4, -0.2) is 6.09 Å². The monoisotopic (exact) mass is 278 g/mol. The molecule has 0 unspecified atom stereocenters. The van der Waals surface area contributed by atoms with Gasteiger partial charge in [0.2, 0.25) is 0 Å². The SMILES string of the molecule is CCCCc1c(N)cccc1C(CC)(CC)OC(N)=O. The van der Waals surface area contributed by atoms with E-state index in [4.69, 9.17) is 16.2 Å². The summed E-state index contributed by atoms with van der Waals surface area (Å²) in [5, 5.41) is 0. The van der Waals surface area contributed by atoms with E-state index in [9.17, 15) is 4.79 Å². The van der Waals surface area contributed by atoms with E-state index in [1.165, 1.54) is 0 Å². The summed E-state index contributed by atoms with van der Waals surface area (Å²) in [6.45, 7) is 6.14. The number of anilines is 1. The van der Waals surface area contributed by atoms with Crippen LogP contribution in [0.4, 0.5) is 10.5 Å². The molecule has 0 aliphatic rings. The molecule has 4 heteroatoms. The minimum atomic E-state index is -0.738. The molecule has 0 spiro atoms. The highest BCUT2D eigenvalue weighted by molar-refractivity contribution is 5.66. The Morgan fingerprint density at radius 3 is 2.40 bits per heavy atom. The van der Waals surface area contributed by atoms with Gasteiger partial charge < -0.3 is 16.2 Å². The summed E-state index contributed by atoms with van der Waals surface area (Å²) in [5.74, 6) is 0. The van der Waals surface area contributed by atoms with Crippen LogP contribution in [0.5, 0.6) is 0 Å². The van der Waals surface area contributed by atoms with Gasteiger partial charge in [-0.2, -0.15) is 0 Å². The second kappa shape index (κ2) is 7.17. The van der Waals surface area contributed by atoms with Crippen molar-refractivity contribution in [2.24, 2.45) is 5.73 Å². The summed E-state index contributed by atoms with van der Waals surface area (Å²) >= 11 is 0. The van der Waals surface area contributed by atoms with Crippen LogP contribution in [-0.2, 0) is 16.8 Å². The van der Waals surface area contributed by atoms with Gasteiger partial charge in [-0.05, 0) is 37.3 Å². The number of benzene rings is 1. The third kappa shape index (κ3) is 3.44. The lowest BCUT2D eigenvalue weighted by Gasteiger charge is -2.33. The quantitative estimate of drug-likeness (QED) is 0.746. The van der Waals surface area contributed by atoms with E-state index in [1.807, 2.05) is 32.0 Å². The van der Waals surface area contributed by atoms with Crippen molar-refractivity contribution in [3.05, 3.63) is 29.3 Å². The molecule has 1 aromatic rings. The molecule has 0 atom stereocenters. The van der Waals surface area contributed by atoms with Gasteiger partial charge in [-0.1, -0.05) is 39.3 Å². The molecule has 0 aliphatic heterocycles. The van der Waals surface area contributed by atoms with Crippen molar-refractivity contribution in [3.63, 3.8) is 0 Å². The fourth-order valence-corrected chi connectivity index (χ4v) is 2.69. The summed E-state index contributed by atoms with van der Waals surface area (Å²) in [4.78, 5) is 11.3. The van der Waals surface area contributed by atoms with Crippen LogP contribution in [0.2, 0.25) is 0 Å². The summed E-state index contributed by atoms with van der Waals surface area (Å²) < 4.78 is 5.48. The van der Waals surface area contributed by atoms with E-state index >= 15 is 0 Å². The maximum atomic E-state index is 11.3. The smallest absolute Gasteiger partial charge is 0.405 e. The number of carbonyl (C=O) groups is 1. The summed E-state index contributed by atoms with van der Waals surface area (Å²) in [5.41, 5.74) is 13.6. The lowest BCUT2D eigenvalue weighted by molar-refractivity contribution is 0.00550. The number of hydrogen-bond acceptors (Lipinski definition) is 3. The van der Waals surface area contributed by atoms with Crippen LogP contribution in [0.15, 0.2) is 18.2 Å². The topological polar surface area (TPSA) is 78.3 Å². The number of unbranched alkanes of at least 4 members (excludes halogenated alkanes) is 1. The van der Waals surface area contributed by atoms with Crippen molar-refractivity contribution in [2.75, 3.05) is 5.73 Å². The Bertz CT molecular complexity index is 454. The van der Waals surface area contributed by atoms with Gasteiger partial charge >= 0.3 is 6.09 Å². The molecule has 112 valence electrons. The standard InChI is InChI=1S/C16H26N2O2/c1-4-7-9-12-13(10-8-11-14(12)17)16(5-2,6-3)20-15(18)19/h8,10-11H,4-7,9,17H2,1-3H3,(H2,18,19). The normalized spacial score (nSPS) is 11.3. The van der Waals surface area contributed by atoms with Gasteiger partial charge in [-0.25, -0.2) is 4.79 Å². The molecule has 0 aromatic heterocycles. The van der Waals surface area contributed by atoms with E-state index in [-0.39, 0.29) is 0 Å². The summed E-state index contributed by atoms with van der Waals surface area (Å²) in [6.07, 6.45) is 3.65. The van der Waals surface area contributed by atoms with Crippen LogP contribution in [0.3, 0.4) is 0 Å². The number of amides is 1. The van der Waals surface area contributed by atoms with Gasteiger partial charge in [-0.15, -0.1) is 0 Å². The molecule has 1 rings (SSSR count). The summed E-state index contributed by atoms with van der Waals surface area (Å²) in [6, 6.07) is 5.80. The first-order valence-electron chi connectivity index (χ1n) is 7.37. The zero-order chi connectivity index (χ0) is 15.2. The van der Waals surface area contributed by atoms with Crippen LogP contribution in [0, 0.1) is 0 Å². The molecule has 1 amide bonds. The number of nitrogens with two attached hydrogens (primary N) is 2. The molecule has 0 radical (unpaired) electrons. The van der Waals surface area contributed by atoms with Crippen molar-refractivity contribution in [1.29, 1.82) is 0 Å². The predicted molar refractivity (Wildman–Crippen MR) is 82.4 cm³/mol. The largest absolute Gasteiger partial charge is 0.438 e. The van der Waals surface area contributed by atoms with Gasteiger partial charge in [0.15, 0.2) is 0 Å². The van der Waals surface area contributed by atoms with Crippen LogP contribution in [0.25, 0.3) is 0 Å². The number of hydrogen-bond donors (Lipinski definition) is 2. The molecular formula is C16H26N2O2. The fraction of sp³-hybridized carbons (Fsp3) is 0.562. The molecule has 0 heterocycles. The number of primary amides is 1. The molecule has 0 aliphatic carbocycles. The predicted octanol–water partition coefficient (Wildman–Crippen LogP) is 3.72. The Labute approximate surface area is 121 Å². The second-order valence-corrected chi connectivity index (χ2v) is 5.10. The first-order chi connectivity index (χ1) is 9.50. The molecule has 4 N–H and O–H groups in total. The molecule has 0 saturated carbocycles. The van der Waals surface area contributed by atoms with E-state index in [1.54, 1.807) is 0 Å². The van der Waals surface area contributed by atoms with Crippen LogP contribution in [0.1, 0.15) is 57.6 Å². The Morgan fingerprint density at radius 1 is 1.25 bits per heavy atom. The number of rotatable bonds is 7. The Balaban J connectivity index is 3.31. The lowest BCUT2D eigenvalue weighted by Crippen LogP contribution is -2.35. The van der Waals surface area contributed by atoms with Gasteiger partial charge in [0, 0.05) is 11.3 Å². The maximum Gasteiger partial charge on any atom is 0.405 e. The zero-order valence-corrected chi connectivity index (χ0v) is 12.7. The average Bonchev–Trinajstić information content (AvgIpc) is 2.43. The number of carbonyl (C=O) groups excluding carboxylic acids is 1. The second-order valence-electron chi connectivity index (χ2n) is 5.10. The van der Waals surface area contributed by atoms with Crippen molar-refractivity contribution < 1.29 is 9.53 Å². The zero-order valence-electron chi connectivity index (χ0n) is 12.7. The molecule has 0 bridgehead atoms. The third-order valence-electron chi connectivity index (χ3n) is 3.92. The van der Waals surface area contributed by atoms with Gasteiger partial charge in [0.05, 0.1) is 0 Å². The van der Waals surface area contributed by atoms with E-state index in [0.717, 1.165) is 36.1 Å². The van der Waals surface area contributed by atoms with Crippen LogP contribution < -0.4 is 11.5 Å². The van der Waals surface area contributed by atoms with E-state index in [0.29, 0.717) is 12.8 Å². The minimum Gasteiger partial charge on any atom is -0.438 e. The van der Waals surface area contributed by atoms with Crippen molar-refractivity contribution in [3.8, 4) is 0 Å². The third-order valence-corrected chi connectivity index (χ3v) is 3.92. The molecule has 0 fully saturated rings. The molecule has 4 nitrogen and oxygen atoms in total. The first kappa shape index (κ1) is 16.3. The highest BCUT2D eigenvalue weighted by atomic mass is 16.6. The highest BCUT2D eigenvalue weighted by Crippen LogP contribution is 2.37. The van der Waals surface area contributed by atoms with Gasteiger partial charge in [0.1, 0.15) is 5.60 Å². The maximum absolute atomic E-state index is 11.3. The molecule has 20 heavy (non-hydrogen) atoms. The van der Waals surface area contributed by atoms with Gasteiger partial charge in [-0.3, -0.25) is 0 Å². The first-order valence-corrected chi connectivity index (χ1v) is 7.37. The van der Waals surface area contributed by atoms with Crippen LogP contribution >= 0.6 is 0 Å². The number of nitrogen functional groups attached to an aromatic ring is 1. The molecular weight excluding hydrogens is 252 g/mol. The lowest BCUT2D eigenvalue weighted by atomic mass is 9.83. The fourth-order valence-electron chi connectivity index (χ4n) is 2.69. The highest BCUT2D eigenvalue weighted by Gasteiger charge is 2.34.